The third kappa shape index (κ3) is 8.99. The second kappa shape index (κ2) is 11.2. The maximum absolute atomic E-state index is 11.8. The summed E-state index contributed by atoms with van der Waals surface area (Å²) >= 11 is 0. The van der Waals surface area contributed by atoms with E-state index in [4.69, 9.17) is 18.9 Å². The summed E-state index contributed by atoms with van der Waals surface area (Å²) in [5.74, 6) is 0.487. The van der Waals surface area contributed by atoms with Crippen LogP contribution in [-0.4, -0.2) is 37.7 Å². The van der Waals surface area contributed by atoms with Gasteiger partial charge in [0.15, 0.2) is 0 Å². The Kier molecular flexibility index (Phi) is 9.57. The second-order valence-corrected chi connectivity index (χ2v) is 7.21. The van der Waals surface area contributed by atoms with Crippen LogP contribution in [0.25, 0.3) is 0 Å². The molecule has 1 aliphatic carbocycles. The minimum absolute atomic E-state index is 0.243. The molecule has 1 saturated carbocycles. The lowest BCUT2D eigenvalue weighted by Gasteiger charge is -2.28. The number of carbonyl (C=O) groups is 2. The highest BCUT2D eigenvalue weighted by atomic mass is 16.8. The van der Waals surface area contributed by atoms with Crippen molar-refractivity contribution in [3.63, 3.8) is 0 Å². The first-order valence-electron chi connectivity index (χ1n) is 9.05. The first-order valence-corrected chi connectivity index (χ1v) is 9.05. The Labute approximate surface area is 145 Å². The molecular formula is C18H32O6. The van der Waals surface area contributed by atoms with Crippen LogP contribution in [-0.2, 0) is 18.9 Å². The molecule has 6 heteroatoms. The minimum Gasteiger partial charge on any atom is -0.434 e. The molecule has 1 aliphatic rings. The Hall–Kier alpha value is -1.46. The Morgan fingerprint density at radius 1 is 0.750 bits per heavy atom. The van der Waals surface area contributed by atoms with Crippen molar-refractivity contribution in [2.24, 2.45) is 11.8 Å². The third-order valence-corrected chi connectivity index (χ3v) is 3.71. The zero-order valence-corrected chi connectivity index (χ0v) is 15.4. The molecule has 0 aliphatic heterocycles. The molecule has 0 aromatic carbocycles. The highest BCUT2D eigenvalue weighted by molar-refractivity contribution is 5.61. The van der Waals surface area contributed by atoms with Gasteiger partial charge >= 0.3 is 12.3 Å². The predicted molar refractivity (Wildman–Crippen MR) is 89.8 cm³/mol. The molecule has 0 amide bonds. The first-order chi connectivity index (χ1) is 11.4. The average Bonchev–Trinajstić information content (AvgIpc) is 2.49. The van der Waals surface area contributed by atoms with E-state index in [2.05, 4.69) is 0 Å². The van der Waals surface area contributed by atoms with E-state index in [9.17, 15) is 9.59 Å². The van der Waals surface area contributed by atoms with Crippen LogP contribution in [0.5, 0.6) is 0 Å². The number of rotatable bonds is 6. The summed E-state index contributed by atoms with van der Waals surface area (Å²) in [7, 11) is 0. The molecule has 0 bridgehead atoms. The minimum atomic E-state index is -0.696. The lowest BCUT2D eigenvalue weighted by molar-refractivity contribution is -0.0667. The van der Waals surface area contributed by atoms with Crippen LogP contribution in [0.4, 0.5) is 9.59 Å². The van der Waals surface area contributed by atoms with Crippen LogP contribution in [0.15, 0.2) is 0 Å². The van der Waals surface area contributed by atoms with E-state index in [1.165, 1.54) is 0 Å². The smallest absolute Gasteiger partial charge is 0.434 e. The Morgan fingerprint density at radius 3 is 1.46 bits per heavy atom. The Bertz CT molecular complexity index is 344. The Morgan fingerprint density at radius 2 is 1.12 bits per heavy atom. The zero-order valence-electron chi connectivity index (χ0n) is 15.4. The number of hydrogen-bond acceptors (Lipinski definition) is 6. The van der Waals surface area contributed by atoms with E-state index in [1.54, 1.807) is 0 Å². The Balaban J connectivity index is 2.56. The molecule has 0 saturated heterocycles. The van der Waals surface area contributed by atoms with Gasteiger partial charge in [0.05, 0.1) is 13.2 Å². The van der Waals surface area contributed by atoms with Gasteiger partial charge in [-0.15, -0.1) is 0 Å². The summed E-state index contributed by atoms with van der Waals surface area (Å²) in [5.41, 5.74) is 0. The molecule has 0 aromatic heterocycles. The summed E-state index contributed by atoms with van der Waals surface area (Å²) in [6, 6.07) is 0. The van der Waals surface area contributed by atoms with Gasteiger partial charge in [-0.05, 0) is 37.5 Å². The summed E-state index contributed by atoms with van der Waals surface area (Å²) < 4.78 is 21.0. The van der Waals surface area contributed by atoms with Gasteiger partial charge in [0, 0.05) is 0 Å². The van der Waals surface area contributed by atoms with Gasteiger partial charge < -0.3 is 18.9 Å². The molecule has 24 heavy (non-hydrogen) atoms. The van der Waals surface area contributed by atoms with E-state index in [0.717, 1.165) is 25.7 Å². The molecule has 0 N–H and O–H groups in total. The second-order valence-electron chi connectivity index (χ2n) is 7.21. The van der Waals surface area contributed by atoms with Gasteiger partial charge in [-0.1, -0.05) is 40.5 Å². The van der Waals surface area contributed by atoms with Crippen LogP contribution >= 0.6 is 0 Å². The van der Waals surface area contributed by atoms with Gasteiger partial charge in [0.25, 0.3) is 0 Å². The molecule has 1 fully saturated rings. The predicted octanol–water partition coefficient (Wildman–Crippen LogP) is 4.70. The summed E-state index contributed by atoms with van der Waals surface area (Å²) in [6.07, 6.45) is 3.03. The third-order valence-electron chi connectivity index (χ3n) is 3.71. The van der Waals surface area contributed by atoms with Crippen LogP contribution in [0, 0.1) is 11.8 Å². The van der Waals surface area contributed by atoms with E-state index in [0.29, 0.717) is 26.1 Å². The lowest BCUT2D eigenvalue weighted by atomic mass is 9.96. The molecule has 2 unspecified atom stereocenters. The van der Waals surface area contributed by atoms with Crippen molar-refractivity contribution in [3.05, 3.63) is 0 Å². The van der Waals surface area contributed by atoms with Crippen LogP contribution in [0.2, 0.25) is 0 Å². The van der Waals surface area contributed by atoms with Gasteiger partial charge in [-0.25, -0.2) is 9.59 Å². The van der Waals surface area contributed by atoms with Crippen molar-refractivity contribution in [2.75, 3.05) is 13.2 Å². The van der Waals surface area contributed by atoms with Crippen LogP contribution in [0.3, 0.4) is 0 Å². The van der Waals surface area contributed by atoms with Crippen molar-refractivity contribution < 1.29 is 28.5 Å². The normalized spacial score (nSPS) is 21.8. The fraction of sp³-hybridized carbons (Fsp3) is 0.889. The molecule has 2 atom stereocenters. The van der Waals surface area contributed by atoms with Crippen molar-refractivity contribution in [3.8, 4) is 0 Å². The fourth-order valence-corrected chi connectivity index (χ4v) is 2.47. The maximum Gasteiger partial charge on any atom is 0.508 e. The summed E-state index contributed by atoms with van der Waals surface area (Å²) in [6.45, 7) is 8.46. The fourth-order valence-electron chi connectivity index (χ4n) is 2.47. The summed E-state index contributed by atoms with van der Waals surface area (Å²) in [4.78, 5) is 23.7. The van der Waals surface area contributed by atoms with Crippen molar-refractivity contribution >= 4 is 12.3 Å². The number of ether oxygens (including phenoxy) is 4. The highest BCUT2D eigenvalue weighted by Crippen LogP contribution is 2.23. The van der Waals surface area contributed by atoms with Crippen LogP contribution < -0.4 is 0 Å². The van der Waals surface area contributed by atoms with Gasteiger partial charge in [0.1, 0.15) is 12.2 Å². The van der Waals surface area contributed by atoms with E-state index >= 15 is 0 Å². The number of carbonyl (C=O) groups excluding carboxylic acids is 2. The molecular weight excluding hydrogens is 312 g/mol. The molecule has 0 aromatic rings. The SMILES string of the molecule is CC(C)COC(=O)OC1CCCCCCC1OC(=O)OCC(C)C. The average molecular weight is 344 g/mol. The number of hydrogen-bond donors (Lipinski definition) is 0. The van der Waals surface area contributed by atoms with Crippen LogP contribution in [0.1, 0.15) is 66.2 Å². The van der Waals surface area contributed by atoms with Crippen molar-refractivity contribution in [2.45, 2.75) is 78.4 Å². The zero-order chi connectivity index (χ0) is 17.9. The van der Waals surface area contributed by atoms with E-state index < -0.39 is 24.5 Å². The standard InChI is InChI=1S/C18H32O6/c1-13(2)11-21-17(19)23-15-9-7-5-6-8-10-16(15)24-18(20)22-12-14(3)4/h13-16H,5-12H2,1-4H3. The van der Waals surface area contributed by atoms with Gasteiger partial charge in [-0.3, -0.25) is 0 Å². The molecule has 0 spiro atoms. The van der Waals surface area contributed by atoms with Crippen molar-refractivity contribution in [1.82, 2.24) is 0 Å². The molecule has 0 radical (unpaired) electrons. The molecule has 0 heterocycles. The molecule has 1 rings (SSSR count). The maximum atomic E-state index is 11.8. The van der Waals surface area contributed by atoms with E-state index in [1.807, 2.05) is 27.7 Å². The van der Waals surface area contributed by atoms with Gasteiger partial charge in [0.2, 0.25) is 0 Å². The lowest BCUT2D eigenvalue weighted by Crippen LogP contribution is -2.36. The first kappa shape index (κ1) is 20.6. The largest absolute Gasteiger partial charge is 0.508 e. The van der Waals surface area contributed by atoms with Gasteiger partial charge in [-0.2, -0.15) is 0 Å². The molecule has 6 nitrogen and oxygen atoms in total. The topological polar surface area (TPSA) is 71.1 Å². The summed E-state index contributed by atoms with van der Waals surface area (Å²) in [5, 5.41) is 0. The van der Waals surface area contributed by atoms with E-state index in [-0.39, 0.29) is 11.8 Å². The van der Waals surface area contributed by atoms with Crippen molar-refractivity contribution in [1.29, 1.82) is 0 Å². The quantitative estimate of drug-likeness (QED) is 0.651. The highest BCUT2D eigenvalue weighted by Gasteiger charge is 2.30. The molecule has 140 valence electrons. The monoisotopic (exact) mass is 344 g/mol.